The van der Waals surface area contributed by atoms with Gasteiger partial charge in [-0.15, -0.1) is 0 Å². The Morgan fingerprint density at radius 2 is 1.96 bits per heavy atom. The maximum Gasteiger partial charge on any atom is 0.344 e. The number of nitrogens with zero attached hydrogens (tertiary/aromatic N) is 1. The number of benzene rings is 1. The van der Waals surface area contributed by atoms with Gasteiger partial charge in [0.1, 0.15) is 5.75 Å². The number of ketones is 1. The quantitative estimate of drug-likeness (QED) is 0.494. The van der Waals surface area contributed by atoms with Crippen LogP contribution < -0.4 is 4.74 Å². The molecule has 0 amide bonds. The molecule has 0 N–H and O–H groups in total. The molecule has 1 saturated heterocycles. The normalized spacial score (nSPS) is 16.2. The van der Waals surface area contributed by atoms with E-state index in [9.17, 15) is 9.59 Å². The zero-order chi connectivity index (χ0) is 20.1. The lowest BCUT2D eigenvalue weighted by Gasteiger charge is -2.14. The number of Topliss-reactive ketones (excluding diaryl/α,β-unsaturated/α-hetero) is 1. The fraction of sp³-hybridized carbons (Fsp3) is 0.429. The zero-order valence-electron chi connectivity index (χ0n) is 16.1. The maximum absolute atomic E-state index is 12.5. The van der Waals surface area contributed by atoms with Crippen molar-refractivity contribution in [2.45, 2.75) is 39.3 Å². The van der Waals surface area contributed by atoms with Crippen LogP contribution in [0, 0.1) is 13.8 Å². The van der Waals surface area contributed by atoms with Gasteiger partial charge in [0.15, 0.2) is 13.2 Å². The molecular formula is C21H24ClNO5. The molecule has 1 aromatic heterocycles. The first kappa shape index (κ1) is 20.4. The third kappa shape index (κ3) is 5.14. The van der Waals surface area contributed by atoms with Crippen molar-refractivity contribution in [3.05, 3.63) is 52.3 Å². The lowest BCUT2D eigenvalue weighted by atomic mass is 10.1. The maximum atomic E-state index is 12.5. The Hall–Kier alpha value is -2.31. The summed E-state index contributed by atoms with van der Waals surface area (Å²) in [6.45, 7) is 4.81. The van der Waals surface area contributed by atoms with Crippen molar-refractivity contribution in [2.75, 3.05) is 19.8 Å². The summed E-state index contributed by atoms with van der Waals surface area (Å²) < 4.78 is 18.2. The van der Waals surface area contributed by atoms with Gasteiger partial charge in [-0.05, 0) is 57.0 Å². The number of ether oxygens (including phenoxy) is 3. The number of carbonyl (C=O) groups is 2. The van der Waals surface area contributed by atoms with Crippen molar-refractivity contribution < 1.29 is 23.8 Å². The summed E-state index contributed by atoms with van der Waals surface area (Å²) >= 11 is 5.80. The molecule has 1 fully saturated rings. The number of hydrogen-bond donors (Lipinski definition) is 0. The van der Waals surface area contributed by atoms with Crippen LogP contribution in [0.1, 0.15) is 34.6 Å². The van der Waals surface area contributed by atoms with Gasteiger partial charge in [0.2, 0.25) is 5.78 Å². The van der Waals surface area contributed by atoms with Gasteiger partial charge in [0.05, 0.1) is 6.10 Å². The Balaban J connectivity index is 1.51. The molecule has 0 spiro atoms. The lowest BCUT2D eigenvalue weighted by molar-refractivity contribution is -0.144. The topological polar surface area (TPSA) is 66.8 Å². The first-order chi connectivity index (χ1) is 13.4. The molecule has 7 heteroatoms. The van der Waals surface area contributed by atoms with Crippen LogP contribution in [0.2, 0.25) is 5.02 Å². The molecule has 3 rings (SSSR count). The van der Waals surface area contributed by atoms with Gasteiger partial charge in [-0.25, -0.2) is 4.79 Å². The van der Waals surface area contributed by atoms with Crippen LogP contribution in [-0.4, -0.2) is 42.2 Å². The predicted octanol–water partition coefficient (Wildman–Crippen LogP) is 3.74. The van der Waals surface area contributed by atoms with Crippen LogP contribution in [-0.2, 0) is 20.8 Å². The number of aryl methyl sites for hydroxylation is 1. The molecule has 28 heavy (non-hydrogen) atoms. The van der Waals surface area contributed by atoms with Gasteiger partial charge in [0.25, 0.3) is 0 Å². The van der Waals surface area contributed by atoms with Crippen LogP contribution in [0.4, 0.5) is 0 Å². The van der Waals surface area contributed by atoms with Gasteiger partial charge in [0, 0.05) is 35.1 Å². The van der Waals surface area contributed by atoms with Crippen LogP contribution >= 0.6 is 11.6 Å². The number of halogens is 1. The Kier molecular flexibility index (Phi) is 6.75. The van der Waals surface area contributed by atoms with Gasteiger partial charge < -0.3 is 18.8 Å². The number of aromatic nitrogens is 1. The van der Waals surface area contributed by atoms with E-state index in [0.717, 1.165) is 37.4 Å². The second-order valence-corrected chi connectivity index (χ2v) is 7.29. The molecule has 0 bridgehead atoms. The minimum atomic E-state index is -0.600. The van der Waals surface area contributed by atoms with E-state index in [1.807, 2.05) is 19.9 Å². The summed E-state index contributed by atoms with van der Waals surface area (Å²) in [5.74, 6) is -0.326. The fourth-order valence-electron chi connectivity index (χ4n) is 3.29. The van der Waals surface area contributed by atoms with Gasteiger partial charge >= 0.3 is 5.97 Å². The Morgan fingerprint density at radius 1 is 1.21 bits per heavy atom. The molecule has 6 nitrogen and oxygen atoms in total. The number of rotatable bonds is 8. The second-order valence-electron chi connectivity index (χ2n) is 6.86. The average molecular weight is 406 g/mol. The van der Waals surface area contributed by atoms with E-state index >= 15 is 0 Å². The van der Waals surface area contributed by atoms with Crippen molar-refractivity contribution >= 4 is 23.4 Å². The molecule has 0 unspecified atom stereocenters. The van der Waals surface area contributed by atoms with Crippen molar-refractivity contribution in [2.24, 2.45) is 0 Å². The molecule has 150 valence electrons. The van der Waals surface area contributed by atoms with Gasteiger partial charge in [-0.2, -0.15) is 0 Å². The highest BCUT2D eigenvalue weighted by Gasteiger charge is 2.21. The molecule has 1 aromatic carbocycles. The minimum Gasteiger partial charge on any atom is -0.482 e. The van der Waals surface area contributed by atoms with Gasteiger partial charge in [-0.1, -0.05) is 11.6 Å². The molecular weight excluding hydrogens is 382 g/mol. The largest absolute Gasteiger partial charge is 0.482 e. The van der Waals surface area contributed by atoms with Crippen LogP contribution in [0.25, 0.3) is 0 Å². The van der Waals surface area contributed by atoms with E-state index in [-0.39, 0.29) is 25.1 Å². The molecule has 1 aliphatic heterocycles. The summed E-state index contributed by atoms with van der Waals surface area (Å²) in [6, 6.07) is 8.48. The molecule has 1 atom stereocenters. The fourth-order valence-corrected chi connectivity index (χ4v) is 3.42. The van der Waals surface area contributed by atoms with Gasteiger partial charge in [-0.3, -0.25) is 4.79 Å². The first-order valence-corrected chi connectivity index (χ1v) is 9.67. The average Bonchev–Trinajstić information content (AvgIpc) is 3.29. The van der Waals surface area contributed by atoms with E-state index in [1.54, 1.807) is 24.3 Å². The highest BCUT2D eigenvalue weighted by atomic mass is 35.5. The second kappa shape index (κ2) is 9.26. The molecule has 2 heterocycles. The summed E-state index contributed by atoms with van der Waals surface area (Å²) in [5, 5.41) is 0.581. The highest BCUT2D eigenvalue weighted by molar-refractivity contribution is 6.30. The smallest absolute Gasteiger partial charge is 0.344 e. The molecule has 1 aliphatic rings. The third-order valence-corrected chi connectivity index (χ3v) is 5.07. The number of hydrogen-bond acceptors (Lipinski definition) is 5. The summed E-state index contributed by atoms with van der Waals surface area (Å²) in [6.07, 6.45) is 2.30. The monoisotopic (exact) mass is 405 g/mol. The first-order valence-electron chi connectivity index (χ1n) is 9.29. The Morgan fingerprint density at radius 3 is 2.64 bits per heavy atom. The SMILES string of the molecule is Cc1cc(C(=O)COC(=O)COc2ccc(Cl)cc2)c(C)n1C[C@@H]1CCCO1. The number of carbonyl (C=O) groups excluding carboxylic acids is 2. The zero-order valence-corrected chi connectivity index (χ0v) is 16.8. The van der Waals surface area contributed by atoms with Crippen LogP contribution in [0.5, 0.6) is 5.75 Å². The Bertz CT molecular complexity index is 837. The summed E-state index contributed by atoms with van der Waals surface area (Å²) in [4.78, 5) is 24.4. The van der Waals surface area contributed by atoms with Crippen molar-refractivity contribution in [1.82, 2.24) is 4.57 Å². The molecule has 0 saturated carbocycles. The van der Waals surface area contributed by atoms with Crippen molar-refractivity contribution in [3.8, 4) is 5.75 Å². The van der Waals surface area contributed by atoms with Crippen LogP contribution in [0.3, 0.4) is 0 Å². The summed E-state index contributed by atoms with van der Waals surface area (Å²) in [7, 11) is 0. The highest BCUT2D eigenvalue weighted by Crippen LogP contribution is 2.21. The Labute approximate surface area is 169 Å². The van der Waals surface area contributed by atoms with E-state index in [1.165, 1.54) is 0 Å². The third-order valence-electron chi connectivity index (χ3n) is 4.82. The lowest BCUT2D eigenvalue weighted by Crippen LogP contribution is -2.20. The molecule has 2 aromatic rings. The minimum absolute atomic E-state index is 0.190. The van der Waals surface area contributed by atoms with Crippen LogP contribution in [0.15, 0.2) is 30.3 Å². The van der Waals surface area contributed by atoms with E-state index in [4.69, 9.17) is 25.8 Å². The van der Waals surface area contributed by atoms with E-state index in [2.05, 4.69) is 4.57 Å². The van der Waals surface area contributed by atoms with Crippen molar-refractivity contribution in [1.29, 1.82) is 0 Å². The molecule has 0 radical (unpaired) electrons. The molecule has 0 aliphatic carbocycles. The van der Waals surface area contributed by atoms with Crippen molar-refractivity contribution in [3.63, 3.8) is 0 Å². The standard InChI is InChI=1S/C21H24ClNO5/c1-14-10-19(15(2)23(14)11-18-4-3-9-26-18)20(24)12-28-21(25)13-27-17-7-5-16(22)6-8-17/h5-8,10,18H,3-4,9,11-13H2,1-2H3/t18-/m0/s1. The predicted molar refractivity (Wildman–Crippen MR) is 105 cm³/mol. The number of esters is 1. The van der Waals surface area contributed by atoms with E-state index in [0.29, 0.717) is 16.3 Å². The summed E-state index contributed by atoms with van der Waals surface area (Å²) in [5.41, 5.74) is 2.43. The van der Waals surface area contributed by atoms with E-state index < -0.39 is 5.97 Å².